The molecule has 15 heavy (non-hydrogen) atoms. The third-order valence-corrected chi connectivity index (χ3v) is 3.30. The predicted molar refractivity (Wildman–Crippen MR) is 59.5 cm³/mol. The van der Waals surface area contributed by atoms with E-state index in [2.05, 4.69) is 0 Å². The average molecular weight is 227 g/mol. The molecule has 0 atom stereocenters. The first-order valence-corrected chi connectivity index (χ1v) is 6.26. The van der Waals surface area contributed by atoms with Gasteiger partial charge in [0.1, 0.15) is 6.29 Å². The van der Waals surface area contributed by atoms with E-state index in [0.717, 1.165) is 18.1 Å². The van der Waals surface area contributed by atoms with E-state index in [-0.39, 0.29) is 0 Å². The zero-order valence-electron chi connectivity index (χ0n) is 8.67. The molecular formula is C10H13NO3S. The summed E-state index contributed by atoms with van der Waals surface area (Å²) < 4.78 is 23.7. The predicted octanol–water partition coefficient (Wildman–Crippen LogP) is 0.824. The Balaban J connectivity index is 3.05. The Morgan fingerprint density at radius 3 is 2.60 bits per heavy atom. The molecule has 0 fully saturated rings. The second kappa shape index (κ2) is 4.44. The molecule has 0 aliphatic heterocycles. The highest BCUT2D eigenvalue weighted by Crippen LogP contribution is 2.17. The molecular weight excluding hydrogens is 214 g/mol. The number of hydrogen-bond acceptors (Lipinski definition) is 3. The van der Waals surface area contributed by atoms with Crippen LogP contribution in [-0.2, 0) is 21.2 Å². The maximum Gasteiger partial charge on any atom is 0.231 e. The van der Waals surface area contributed by atoms with Crippen molar-refractivity contribution in [1.82, 2.24) is 0 Å². The number of hydrogen-bond donors (Lipinski definition) is 0. The fourth-order valence-corrected chi connectivity index (χ4v) is 1.66. The summed E-state index contributed by atoms with van der Waals surface area (Å²) in [4.78, 5) is 10.3. The summed E-state index contributed by atoms with van der Waals surface area (Å²) in [6.45, 7) is 0. The molecule has 0 N–H and O–H groups in total. The van der Waals surface area contributed by atoms with Crippen LogP contribution in [-0.4, -0.2) is 28.0 Å². The second-order valence-corrected chi connectivity index (χ2v) is 5.28. The van der Waals surface area contributed by atoms with Crippen molar-refractivity contribution in [3.63, 3.8) is 0 Å². The van der Waals surface area contributed by atoms with Crippen molar-refractivity contribution in [1.29, 1.82) is 0 Å². The number of carbonyl (C=O) groups is 1. The monoisotopic (exact) mass is 227 g/mol. The lowest BCUT2D eigenvalue weighted by atomic mass is 10.1. The van der Waals surface area contributed by atoms with E-state index in [1.54, 1.807) is 24.3 Å². The van der Waals surface area contributed by atoms with Crippen LogP contribution in [0.4, 0.5) is 5.69 Å². The Kier molecular flexibility index (Phi) is 3.47. The summed E-state index contributed by atoms with van der Waals surface area (Å²) in [5.41, 5.74) is 1.37. The summed E-state index contributed by atoms with van der Waals surface area (Å²) >= 11 is 0. The number of nitrogens with zero attached hydrogens (tertiary/aromatic N) is 1. The topological polar surface area (TPSA) is 54.5 Å². The Morgan fingerprint density at radius 1 is 1.40 bits per heavy atom. The number of aldehydes is 1. The van der Waals surface area contributed by atoms with Gasteiger partial charge in [-0.1, -0.05) is 12.1 Å². The van der Waals surface area contributed by atoms with Crippen LogP contribution in [0.3, 0.4) is 0 Å². The molecule has 0 aliphatic carbocycles. The van der Waals surface area contributed by atoms with Gasteiger partial charge in [-0.2, -0.15) is 0 Å². The molecule has 1 aromatic carbocycles. The van der Waals surface area contributed by atoms with Crippen molar-refractivity contribution < 1.29 is 13.2 Å². The van der Waals surface area contributed by atoms with E-state index in [0.29, 0.717) is 12.1 Å². The molecule has 4 nitrogen and oxygen atoms in total. The van der Waals surface area contributed by atoms with Gasteiger partial charge in [0.15, 0.2) is 0 Å². The average Bonchev–Trinajstić information content (AvgIpc) is 2.16. The Labute approximate surface area is 89.6 Å². The first kappa shape index (κ1) is 11.7. The van der Waals surface area contributed by atoms with Crippen molar-refractivity contribution >= 4 is 22.0 Å². The second-order valence-electron chi connectivity index (χ2n) is 3.27. The molecule has 5 heteroatoms. The lowest BCUT2D eigenvalue weighted by Gasteiger charge is -2.16. The number of rotatable bonds is 4. The van der Waals surface area contributed by atoms with E-state index in [1.165, 1.54) is 11.4 Å². The van der Waals surface area contributed by atoms with Crippen LogP contribution in [0.1, 0.15) is 5.56 Å². The molecule has 0 unspecified atom stereocenters. The van der Waals surface area contributed by atoms with Gasteiger partial charge in [0.25, 0.3) is 0 Å². The lowest BCUT2D eigenvalue weighted by Crippen LogP contribution is -2.24. The summed E-state index contributed by atoms with van der Waals surface area (Å²) in [5.74, 6) is 0. The summed E-state index contributed by atoms with van der Waals surface area (Å²) in [6.07, 6.45) is 2.23. The number of sulfonamides is 1. The minimum Gasteiger partial charge on any atom is -0.303 e. The minimum absolute atomic E-state index is 0.297. The molecule has 1 rings (SSSR count). The molecule has 82 valence electrons. The molecule has 0 heterocycles. The van der Waals surface area contributed by atoms with Crippen LogP contribution < -0.4 is 4.31 Å². The fraction of sp³-hybridized carbons (Fsp3) is 0.300. The van der Waals surface area contributed by atoms with Crippen molar-refractivity contribution in [2.24, 2.45) is 0 Å². The first-order valence-electron chi connectivity index (χ1n) is 4.41. The zero-order chi connectivity index (χ0) is 11.5. The van der Waals surface area contributed by atoms with E-state index >= 15 is 0 Å². The highest BCUT2D eigenvalue weighted by atomic mass is 32.2. The van der Waals surface area contributed by atoms with Gasteiger partial charge >= 0.3 is 0 Å². The number of benzene rings is 1. The highest BCUT2D eigenvalue weighted by Gasteiger charge is 2.11. The lowest BCUT2D eigenvalue weighted by molar-refractivity contribution is -0.107. The fourth-order valence-electron chi connectivity index (χ4n) is 1.17. The molecule has 0 spiro atoms. The van der Waals surface area contributed by atoms with Gasteiger partial charge in [-0.25, -0.2) is 8.42 Å². The molecule has 1 aromatic rings. The quantitative estimate of drug-likeness (QED) is 0.716. The van der Waals surface area contributed by atoms with Crippen LogP contribution >= 0.6 is 0 Å². The third-order valence-electron chi connectivity index (χ3n) is 2.09. The van der Waals surface area contributed by atoms with Crippen LogP contribution in [0, 0.1) is 0 Å². The minimum atomic E-state index is -3.24. The molecule has 0 amide bonds. The van der Waals surface area contributed by atoms with Crippen molar-refractivity contribution in [3.8, 4) is 0 Å². The van der Waals surface area contributed by atoms with Gasteiger partial charge in [-0.05, 0) is 17.7 Å². The number of anilines is 1. The van der Waals surface area contributed by atoms with Gasteiger partial charge in [-0.15, -0.1) is 0 Å². The Bertz CT molecular complexity index is 453. The summed E-state index contributed by atoms with van der Waals surface area (Å²) in [7, 11) is -1.76. The molecule has 0 saturated heterocycles. The van der Waals surface area contributed by atoms with E-state index in [9.17, 15) is 13.2 Å². The van der Waals surface area contributed by atoms with Gasteiger partial charge in [-0.3, -0.25) is 4.31 Å². The molecule has 0 bridgehead atoms. The van der Waals surface area contributed by atoms with Crippen LogP contribution in [0.15, 0.2) is 24.3 Å². The molecule has 0 aliphatic rings. The largest absolute Gasteiger partial charge is 0.303 e. The van der Waals surface area contributed by atoms with Crippen molar-refractivity contribution in [2.45, 2.75) is 6.42 Å². The van der Waals surface area contributed by atoms with Gasteiger partial charge < -0.3 is 4.79 Å². The highest BCUT2D eigenvalue weighted by molar-refractivity contribution is 7.92. The van der Waals surface area contributed by atoms with Crippen LogP contribution in [0.2, 0.25) is 0 Å². The maximum absolute atomic E-state index is 11.3. The third kappa shape index (κ3) is 3.06. The normalized spacial score (nSPS) is 11.1. The van der Waals surface area contributed by atoms with Gasteiger partial charge in [0.05, 0.1) is 11.9 Å². The summed E-state index contributed by atoms with van der Waals surface area (Å²) in [5, 5.41) is 0. The molecule has 0 aromatic heterocycles. The van der Waals surface area contributed by atoms with Gasteiger partial charge in [0.2, 0.25) is 10.0 Å². The van der Waals surface area contributed by atoms with Crippen molar-refractivity contribution in [2.75, 3.05) is 17.6 Å². The van der Waals surface area contributed by atoms with Gasteiger partial charge in [0, 0.05) is 13.5 Å². The van der Waals surface area contributed by atoms with Crippen molar-refractivity contribution in [3.05, 3.63) is 29.8 Å². The first-order chi connectivity index (χ1) is 6.95. The Hall–Kier alpha value is -1.36. The van der Waals surface area contributed by atoms with E-state index in [4.69, 9.17) is 0 Å². The smallest absolute Gasteiger partial charge is 0.231 e. The maximum atomic E-state index is 11.3. The number of carbonyl (C=O) groups excluding carboxylic acids is 1. The molecule has 0 saturated carbocycles. The van der Waals surface area contributed by atoms with E-state index < -0.39 is 10.0 Å². The zero-order valence-corrected chi connectivity index (χ0v) is 9.49. The molecule has 0 radical (unpaired) electrons. The van der Waals surface area contributed by atoms with Crippen LogP contribution in [0.5, 0.6) is 0 Å². The van der Waals surface area contributed by atoms with E-state index in [1.807, 2.05) is 0 Å². The van der Waals surface area contributed by atoms with Crippen LogP contribution in [0.25, 0.3) is 0 Å². The Morgan fingerprint density at radius 2 is 2.07 bits per heavy atom. The standard InChI is InChI=1S/C10H13NO3S/c1-11(15(2,13)14)10-5-3-4-9(8-10)6-7-12/h3-5,7-8H,6H2,1-2H3. The summed E-state index contributed by atoms with van der Waals surface area (Å²) in [6, 6.07) is 6.90. The SMILES string of the molecule is CN(c1cccc(CC=O)c1)S(C)(=O)=O.